The summed E-state index contributed by atoms with van der Waals surface area (Å²) in [6.45, 7) is 0.110. The van der Waals surface area contributed by atoms with E-state index in [1.165, 1.54) is 0 Å². The quantitative estimate of drug-likeness (QED) is 0.653. The second-order valence-electron chi connectivity index (χ2n) is 5.56. The molecular formula is C20H17NO4S. The molecule has 0 aliphatic rings. The Balaban J connectivity index is 1.51. The van der Waals surface area contributed by atoms with Crippen molar-refractivity contribution in [1.29, 1.82) is 0 Å². The first kappa shape index (κ1) is 17.7. The number of amides is 1. The molecule has 0 aliphatic heterocycles. The second-order valence-corrected chi connectivity index (χ2v) is 6.59. The zero-order valence-corrected chi connectivity index (χ0v) is 14.7. The lowest BCUT2D eigenvalue weighted by atomic mass is 10.0. The number of ether oxygens (including phenoxy) is 1. The van der Waals surface area contributed by atoms with Gasteiger partial charge in [0, 0.05) is 4.88 Å². The molecule has 0 fully saturated rings. The van der Waals surface area contributed by atoms with Crippen molar-refractivity contribution < 1.29 is 19.4 Å². The number of carbonyl (C=O) groups excluding carboxylic acids is 2. The van der Waals surface area contributed by atoms with Gasteiger partial charge in [-0.1, -0.05) is 30.3 Å². The molecule has 3 rings (SSSR count). The third-order valence-electron chi connectivity index (χ3n) is 3.70. The normalized spacial score (nSPS) is 10.3. The molecule has 0 saturated heterocycles. The Hall–Kier alpha value is -3.12. The Labute approximate surface area is 154 Å². The van der Waals surface area contributed by atoms with Gasteiger partial charge in [0.1, 0.15) is 5.75 Å². The number of phenols is 1. The van der Waals surface area contributed by atoms with Gasteiger partial charge in [0.15, 0.2) is 6.61 Å². The Kier molecular flexibility index (Phi) is 5.66. The lowest BCUT2D eigenvalue weighted by Gasteiger charge is -2.07. The summed E-state index contributed by atoms with van der Waals surface area (Å²) in [4.78, 5) is 24.8. The van der Waals surface area contributed by atoms with Crippen molar-refractivity contribution in [3.63, 3.8) is 0 Å². The molecule has 26 heavy (non-hydrogen) atoms. The van der Waals surface area contributed by atoms with Crippen molar-refractivity contribution in [3.05, 3.63) is 76.5 Å². The fraction of sp³-hybridized carbons (Fsp3) is 0.100. The Morgan fingerprint density at radius 3 is 2.23 bits per heavy atom. The van der Waals surface area contributed by atoms with E-state index in [0.717, 1.165) is 16.0 Å². The summed E-state index contributed by atoms with van der Waals surface area (Å²) in [5.41, 5.74) is 2.21. The van der Waals surface area contributed by atoms with E-state index in [0.29, 0.717) is 12.1 Å². The molecule has 132 valence electrons. The maximum Gasteiger partial charge on any atom is 0.338 e. The third-order valence-corrected chi connectivity index (χ3v) is 4.57. The molecule has 0 saturated carbocycles. The molecule has 0 spiro atoms. The lowest BCUT2D eigenvalue weighted by Crippen LogP contribution is -2.28. The first-order valence-corrected chi connectivity index (χ1v) is 8.85. The molecule has 1 aromatic heterocycles. The number of phenolic OH excluding ortho intramolecular Hbond substituents is 1. The van der Waals surface area contributed by atoms with Crippen LogP contribution in [0.2, 0.25) is 0 Å². The number of aromatic hydroxyl groups is 1. The highest BCUT2D eigenvalue weighted by Gasteiger charge is 2.10. The first-order chi connectivity index (χ1) is 12.6. The van der Waals surface area contributed by atoms with Crippen LogP contribution in [-0.4, -0.2) is 23.6 Å². The van der Waals surface area contributed by atoms with E-state index in [4.69, 9.17) is 4.74 Å². The number of thiophene rings is 1. The van der Waals surface area contributed by atoms with Gasteiger partial charge in [-0.15, -0.1) is 11.3 Å². The van der Waals surface area contributed by atoms with Crippen LogP contribution in [0.4, 0.5) is 0 Å². The highest BCUT2D eigenvalue weighted by molar-refractivity contribution is 7.09. The van der Waals surface area contributed by atoms with Crippen molar-refractivity contribution in [2.45, 2.75) is 6.54 Å². The summed E-state index contributed by atoms with van der Waals surface area (Å²) >= 11 is 1.55. The number of carbonyl (C=O) groups is 2. The van der Waals surface area contributed by atoms with Crippen LogP contribution < -0.4 is 5.32 Å². The molecule has 5 nitrogen and oxygen atoms in total. The maximum atomic E-state index is 12.0. The van der Waals surface area contributed by atoms with Gasteiger partial charge in [-0.3, -0.25) is 4.79 Å². The molecule has 0 atom stereocenters. The van der Waals surface area contributed by atoms with E-state index in [9.17, 15) is 14.7 Å². The molecule has 6 heteroatoms. The summed E-state index contributed by atoms with van der Waals surface area (Å²) in [6, 6.07) is 17.5. The highest BCUT2D eigenvalue weighted by atomic mass is 32.1. The number of nitrogens with one attached hydrogen (secondary N) is 1. The monoisotopic (exact) mass is 367 g/mol. The minimum Gasteiger partial charge on any atom is -0.508 e. The predicted molar refractivity (Wildman–Crippen MR) is 100.0 cm³/mol. The Morgan fingerprint density at radius 1 is 0.962 bits per heavy atom. The molecule has 2 N–H and O–H groups in total. The van der Waals surface area contributed by atoms with Gasteiger partial charge in [0.25, 0.3) is 5.91 Å². The summed E-state index contributed by atoms with van der Waals surface area (Å²) < 4.78 is 5.04. The number of esters is 1. The van der Waals surface area contributed by atoms with Gasteiger partial charge >= 0.3 is 5.97 Å². The highest BCUT2D eigenvalue weighted by Crippen LogP contribution is 2.22. The number of rotatable bonds is 6. The zero-order chi connectivity index (χ0) is 18.4. The van der Waals surface area contributed by atoms with Crippen molar-refractivity contribution in [1.82, 2.24) is 5.32 Å². The van der Waals surface area contributed by atoms with Crippen LogP contribution in [0.1, 0.15) is 15.2 Å². The first-order valence-electron chi connectivity index (χ1n) is 7.97. The van der Waals surface area contributed by atoms with Crippen molar-refractivity contribution in [2.24, 2.45) is 0 Å². The minimum atomic E-state index is -0.548. The summed E-state index contributed by atoms with van der Waals surface area (Å²) in [5.74, 6) is -0.688. The van der Waals surface area contributed by atoms with E-state index < -0.39 is 5.97 Å². The Bertz CT molecular complexity index is 871. The fourth-order valence-electron chi connectivity index (χ4n) is 2.32. The predicted octanol–water partition coefficient (Wildman–Crippen LogP) is 3.59. The van der Waals surface area contributed by atoms with Crippen LogP contribution in [-0.2, 0) is 16.1 Å². The van der Waals surface area contributed by atoms with Gasteiger partial charge in [0.2, 0.25) is 0 Å². The maximum absolute atomic E-state index is 12.0. The number of hydrogen-bond donors (Lipinski definition) is 2. The zero-order valence-electron chi connectivity index (χ0n) is 13.8. The van der Waals surface area contributed by atoms with Crippen LogP contribution in [0.5, 0.6) is 5.75 Å². The van der Waals surface area contributed by atoms with Crippen molar-refractivity contribution in [2.75, 3.05) is 6.61 Å². The SMILES string of the molecule is O=C(COC(=O)c1ccc(-c2ccc(O)cc2)cc1)NCc1cccs1. The number of benzene rings is 2. The van der Waals surface area contributed by atoms with Gasteiger partial charge in [-0.2, -0.15) is 0 Å². The molecular weight excluding hydrogens is 350 g/mol. The molecule has 0 unspecified atom stereocenters. The Morgan fingerprint density at radius 2 is 1.62 bits per heavy atom. The standard InChI is InChI=1S/C20H17NO4S/c22-17-9-7-15(8-10-17)14-3-5-16(6-4-14)20(24)25-13-19(23)21-12-18-2-1-11-26-18/h1-11,22H,12-13H2,(H,21,23). The fourth-order valence-corrected chi connectivity index (χ4v) is 2.96. The topological polar surface area (TPSA) is 75.6 Å². The van der Waals surface area contributed by atoms with E-state index in [1.54, 1.807) is 59.9 Å². The number of hydrogen-bond acceptors (Lipinski definition) is 5. The van der Waals surface area contributed by atoms with Crippen LogP contribution >= 0.6 is 11.3 Å². The molecule has 0 radical (unpaired) electrons. The third kappa shape index (κ3) is 4.70. The summed E-state index contributed by atoms with van der Waals surface area (Å²) in [6.07, 6.45) is 0. The molecule has 0 bridgehead atoms. The van der Waals surface area contributed by atoms with E-state index in [2.05, 4.69) is 5.32 Å². The van der Waals surface area contributed by atoms with Crippen LogP contribution in [0, 0.1) is 0 Å². The van der Waals surface area contributed by atoms with Gasteiger partial charge < -0.3 is 15.2 Å². The molecule has 0 aliphatic carbocycles. The average Bonchev–Trinajstić information content (AvgIpc) is 3.19. The average molecular weight is 367 g/mol. The smallest absolute Gasteiger partial charge is 0.338 e. The summed E-state index contributed by atoms with van der Waals surface area (Å²) in [7, 11) is 0. The van der Waals surface area contributed by atoms with Crippen LogP contribution in [0.3, 0.4) is 0 Å². The van der Waals surface area contributed by atoms with Gasteiger partial charge in [0.05, 0.1) is 12.1 Å². The minimum absolute atomic E-state index is 0.200. The van der Waals surface area contributed by atoms with Gasteiger partial charge in [-0.05, 0) is 46.8 Å². The van der Waals surface area contributed by atoms with Crippen LogP contribution in [0.15, 0.2) is 66.0 Å². The second kappa shape index (κ2) is 8.31. The van der Waals surface area contributed by atoms with Crippen LogP contribution in [0.25, 0.3) is 11.1 Å². The van der Waals surface area contributed by atoms with E-state index in [1.807, 2.05) is 17.5 Å². The van der Waals surface area contributed by atoms with E-state index in [-0.39, 0.29) is 18.3 Å². The summed E-state index contributed by atoms with van der Waals surface area (Å²) in [5, 5.41) is 14.0. The largest absolute Gasteiger partial charge is 0.508 e. The van der Waals surface area contributed by atoms with Crippen molar-refractivity contribution in [3.8, 4) is 16.9 Å². The molecule has 2 aromatic carbocycles. The molecule has 1 heterocycles. The lowest BCUT2D eigenvalue weighted by molar-refractivity contribution is -0.124. The molecule has 1 amide bonds. The van der Waals surface area contributed by atoms with E-state index >= 15 is 0 Å². The molecule has 3 aromatic rings. The van der Waals surface area contributed by atoms with Crippen molar-refractivity contribution >= 4 is 23.2 Å². The van der Waals surface area contributed by atoms with Gasteiger partial charge in [-0.25, -0.2) is 4.79 Å².